The molecule has 1 aromatic heterocycles. The van der Waals surface area contributed by atoms with E-state index in [0.29, 0.717) is 5.92 Å². The van der Waals surface area contributed by atoms with Gasteiger partial charge in [-0.05, 0) is 36.8 Å². The third-order valence-corrected chi connectivity index (χ3v) is 4.62. The normalized spacial score (nSPS) is 17.5. The van der Waals surface area contributed by atoms with Gasteiger partial charge >= 0.3 is 6.03 Å². The summed E-state index contributed by atoms with van der Waals surface area (Å²) in [7, 11) is 0. The molecule has 24 heavy (non-hydrogen) atoms. The summed E-state index contributed by atoms with van der Waals surface area (Å²) in [4.78, 5) is 14.6. The Hall–Kier alpha value is -2.30. The first-order valence-corrected chi connectivity index (χ1v) is 8.72. The number of rotatable bonds is 4. The van der Waals surface area contributed by atoms with Crippen molar-refractivity contribution in [1.29, 1.82) is 0 Å². The molecule has 3 rings (SSSR count). The SMILES string of the molecule is CCc1ccccc1NC(=O)N1CCC[C@H]1c1cc(C(C)C)no1. The van der Waals surface area contributed by atoms with Gasteiger partial charge in [0.05, 0.1) is 11.7 Å². The summed E-state index contributed by atoms with van der Waals surface area (Å²) < 4.78 is 5.51. The zero-order valence-corrected chi connectivity index (χ0v) is 14.6. The molecule has 0 bridgehead atoms. The number of hydrogen-bond acceptors (Lipinski definition) is 3. The Labute approximate surface area is 143 Å². The van der Waals surface area contributed by atoms with E-state index in [1.54, 1.807) is 0 Å². The van der Waals surface area contributed by atoms with Crippen LogP contribution in [0.15, 0.2) is 34.9 Å². The second-order valence-electron chi connectivity index (χ2n) is 6.60. The number of nitrogens with zero attached hydrogens (tertiary/aromatic N) is 2. The van der Waals surface area contributed by atoms with Crippen LogP contribution in [0.4, 0.5) is 10.5 Å². The molecule has 1 fully saturated rings. The summed E-state index contributed by atoms with van der Waals surface area (Å²) in [5.41, 5.74) is 2.97. The molecular weight excluding hydrogens is 302 g/mol. The Morgan fingerprint density at radius 3 is 2.92 bits per heavy atom. The van der Waals surface area contributed by atoms with Crippen molar-refractivity contribution in [2.45, 2.75) is 52.0 Å². The fourth-order valence-electron chi connectivity index (χ4n) is 3.18. The summed E-state index contributed by atoms with van der Waals surface area (Å²) in [5, 5.41) is 7.19. The molecule has 1 saturated heterocycles. The molecule has 1 aliphatic heterocycles. The molecule has 2 heterocycles. The van der Waals surface area contributed by atoms with Crippen molar-refractivity contribution in [3.63, 3.8) is 0 Å². The average molecular weight is 327 g/mol. The minimum absolute atomic E-state index is 0.0289. The van der Waals surface area contributed by atoms with Crippen LogP contribution in [0.25, 0.3) is 0 Å². The topological polar surface area (TPSA) is 58.4 Å². The highest BCUT2D eigenvalue weighted by atomic mass is 16.5. The van der Waals surface area contributed by atoms with Gasteiger partial charge < -0.3 is 14.7 Å². The number of hydrogen-bond donors (Lipinski definition) is 1. The molecule has 2 amide bonds. The molecule has 1 aliphatic rings. The van der Waals surface area contributed by atoms with Gasteiger partial charge in [0, 0.05) is 18.3 Å². The Bertz CT molecular complexity index is 708. The molecule has 0 radical (unpaired) electrons. The van der Waals surface area contributed by atoms with Crippen molar-refractivity contribution in [3.8, 4) is 0 Å². The molecule has 1 aromatic carbocycles. The Balaban J connectivity index is 1.76. The van der Waals surface area contributed by atoms with E-state index < -0.39 is 0 Å². The lowest BCUT2D eigenvalue weighted by Crippen LogP contribution is -2.34. The first-order chi connectivity index (χ1) is 11.6. The minimum atomic E-state index is -0.0686. The van der Waals surface area contributed by atoms with Crippen LogP contribution >= 0.6 is 0 Å². The number of para-hydroxylation sites is 1. The molecule has 0 unspecified atom stereocenters. The lowest BCUT2D eigenvalue weighted by atomic mass is 10.1. The monoisotopic (exact) mass is 327 g/mol. The van der Waals surface area contributed by atoms with Gasteiger partial charge in [0.2, 0.25) is 0 Å². The number of likely N-dealkylation sites (tertiary alicyclic amines) is 1. The second kappa shape index (κ2) is 7.07. The van der Waals surface area contributed by atoms with Crippen LogP contribution in [-0.2, 0) is 6.42 Å². The number of benzene rings is 1. The summed E-state index contributed by atoms with van der Waals surface area (Å²) >= 11 is 0. The third kappa shape index (κ3) is 3.30. The van der Waals surface area contributed by atoms with Gasteiger partial charge in [0.1, 0.15) is 0 Å². The largest absolute Gasteiger partial charge is 0.359 e. The van der Waals surface area contributed by atoms with Gasteiger partial charge in [0.25, 0.3) is 0 Å². The molecule has 128 valence electrons. The van der Waals surface area contributed by atoms with Crippen LogP contribution in [0.1, 0.15) is 62.6 Å². The van der Waals surface area contributed by atoms with Crippen molar-refractivity contribution in [1.82, 2.24) is 10.1 Å². The van der Waals surface area contributed by atoms with Crippen molar-refractivity contribution >= 4 is 11.7 Å². The molecule has 1 N–H and O–H groups in total. The lowest BCUT2D eigenvalue weighted by molar-refractivity contribution is 0.195. The average Bonchev–Trinajstić information content (AvgIpc) is 3.24. The van der Waals surface area contributed by atoms with Crippen LogP contribution in [0.2, 0.25) is 0 Å². The molecular formula is C19H25N3O2. The van der Waals surface area contributed by atoms with Crippen LogP contribution in [-0.4, -0.2) is 22.6 Å². The fourth-order valence-corrected chi connectivity index (χ4v) is 3.18. The molecule has 5 nitrogen and oxygen atoms in total. The van der Waals surface area contributed by atoms with Gasteiger partial charge in [0.15, 0.2) is 5.76 Å². The zero-order chi connectivity index (χ0) is 17.1. The van der Waals surface area contributed by atoms with Gasteiger partial charge in [-0.1, -0.05) is 44.1 Å². The smallest absolute Gasteiger partial charge is 0.322 e. The van der Waals surface area contributed by atoms with E-state index in [9.17, 15) is 4.79 Å². The Kier molecular flexibility index (Phi) is 4.88. The van der Waals surface area contributed by atoms with E-state index in [1.807, 2.05) is 35.2 Å². The first-order valence-electron chi connectivity index (χ1n) is 8.72. The minimum Gasteiger partial charge on any atom is -0.359 e. The van der Waals surface area contributed by atoms with E-state index in [-0.39, 0.29) is 12.1 Å². The first kappa shape index (κ1) is 16.6. The fraction of sp³-hybridized carbons (Fsp3) is 0.474. The van der Waals surface area contributed by atoms with Crippen LogP contribution < -0.4 is 5.32 Å². The third-order valence-electron chi connectivity index (χ3n) is 4.62. The van der Waals surface area contributed by atoms with Gasteiger partial charge in [-0.15, -0.1) is 0 Å². The van der Waals surface area contributed by atoms with E-state index in [0.717, 1.165) is 48.5 Å². The van der Waals surface area contributed by atoms with Gasteiger partial charge in [-0.2, -0.15) is 0 Å². The highest BCUT2D eigenvalue weighted by molar-refractivity contribution is 5.90. The second-order valence-corrected chi connectivity index (χ2v) is 6.60. The van der Waals surface area contributed by atoms with Crippen molar-refractivity contribution in [2.75, 3.05) is 11.9 Å². The number of amides is 2. The lowest BCUT2D eigenvalue weighted by Gasteiger charge is -2.23. The predicted molar refractivity (Wildman–Crippen MR) is 94.1 cm³/mol. The number of anilines is 1. The van der Waals surface area contributed by atoms with Crippen LogP contribution in [0.5, 0.6) is 0 Å². The predicted octanol–water partition coefficient (Wildman–Crippen LogP) is 4.73. The maximum absolute atomic E-state index is 12.8. The van der Waals surface area contributed by atoms with Gasteiger partial charge in [-0.3, -0.25) is 0 Å². The van der Waals surface area contributed by atoms with Gasteiger partial charge in [-0.25, -0.2) is 4.79 Å². The highest BCUT2D eigenvalue weighted by Gasteiger charge is 2.33. The molecule has 2 aromatic rings. The number of nitrogens with one attached hydrogen (secondary N) is 1. The van der Waals surface area contributed by atoms with Crippen molar-refractivity contribution in [2.24, 2.45) is 0 Å². The molecule has 0 spiro atoms. The van der Waals surface area contributed by atoms with Crippen molar-refractivity contribution in [3.05, 3.63) is 47.3 Å². The highest BCUT2D eigenvalue weighted by Crippen LogP contribution is 2.33. The zero-order valence-electron chi connectivity index (χ0n) is 14.6. The van der Waals surface area contributed by atoms with E-state index in [2.05, 4.69) is 31.2 Å². The van der Waals surface area contributed by atoms with Crippen molar-refractivity contribution < 1.29 is 9.32 Å². The number of aryl methyl sites for hydroxylation is 1. The summed E-state index contributed by atoms with van der Waals surface area (Å²) in [5.74, 6) is 1.11. The number of carbonyl (C=O) groups is 1. The quantitative estimate of drug-likeness (QED) is 0.883. The van der Waals surface area contributed by atoms with E-state index >= 15 is 0 Å². The molecule has 1 atom stereocenters. The number of urea groups is 1. The summed E-state index contributed by atoms with van der Waals surface area (Å²) in [6, 6.07) is 9.83. The molecule has 0 aliphatic carbocycles. The molecule has 0 saturated carbocycles. The van der Waals surface area contributed by atoms with Crippen LogP contribution in [0, 0.1) is 0 Å². The summed E-state index contributed by atoms with van der Waals surface area (Å²) in [6.07, 6.45) is 2.78. The number of carbonyl (C=O) groups excluding carboxylic acids is 1. The maximum atomic E-state index is 12.8. The standard InChI is InChI=1S/C19H25N3O2/c1-4-14-8-5-6-9-15(14)20-19(23)22-11-7-10-17(22)18-12-16(13(2)3)21-24-18/h5-6,8-9,12-13,17H,4,7,10-11H2,1-3H3,(H,20,23)/t17-/m0/s1. The molecule has 5 heteroatoms. The Morgan fingerprint density at radius 1 is 1.42 bits per heavy atom. The maximum Gasteiger partial charge on any atom is 0.322 e. The van der Waals surface area contributed by atoms with Crippen LogP contribution in [0.3, 0.4) is 0 Å². The number of aromatic nitrogens is 1. The Morgan fingerprint density at radius 2 is 2.21 bits per heavy atom. The summed E-state index contributed by atoms with van der Waals surface area (Å²) in [6.45, 7) is 7.00. The van der Waals surface area contributed by atoms with E-state index in [1.165, 1.54) is 0 Å². The van der Waals surface area contributed by atoms with E-state index in [4.69, 9.17) is 4.52 Å².